The average Bonchev–Trinajstić information content (AvgIpc) is 2.69. The number of carbonyl (C=O) groups excluding carboxylic acids is 1. The molecule has 26 heavy (non-hydrogen) atoms. The van der Waals surface area contributed by atoms with Crippen LogP contribution in [0, 0.1) is 5.92 Å². The maximum absolute atomic E-state index is 12.9. The molecule has 2 aromatic carbocycles. The molecular formula is C22H28N2O2. The Bertz CT molecular complexity index is 675. The molecule has 4 nitrogen and oxygen atoms in total. The fourth-order valence-electron chi connectivity index (χ4n) is 3.74. The number of hydrogen-bond donors (Lipinski definition) is 1. The molecule has 2 unspecified atom stereocenters. The Labute approximate surface area is 156 Å². The molecule has 3 rings (SSSR count). The van der Waals surface area contributed by atoms with E-state index in [9.17, 15) is 4.79 Å². The van der Waals surface area contributed by atoms with Crippen molar-refractivity contribution in [1.82, 2.24) is 10.4 Å². The summed E-state index contributed by atoms with van der Waals surface area (Å²) in [4.78, 5) is 20.7. The number of hydroxylamine groups is 1. The van der Waals surface area contributed by atoms with E-state index in [1.165, 1.54) is 5.56 Å². The molecule has 1 heterocycles. The summed E-state index contributed by atoms with van der Waals surface area (Å²) in [5, 5.41) is 0. The lowest BCUT2D eigenvalue weighted by molar-refractivity contribution is -0.141. The molecule has 1 N–H and O–H groups in total. The van der Waals surface area contributed by atoms with Crippen molar-refractivity contribution in [3.8, 4) is 0 Å². The van der Waals surface area contributed by atoms with Crippen LogP contribution in [0.1, 0.15) is 36.8 Å². The molecule has 0 aromatic heterocycles. The number of carbonyl (C=O) groups is 1. The molecule has 1 saturated heterocycles. The Morgan fingerprint density at radius 2 is 1.81 bits per heavy atom. The number of likely N-dealkylation sites (tertiary alicyclic amines) is 1. The largest absolute Gasteiger partial charge is 0.303 e. The van der Waals surface area contributed by atoms with Gasteiger partial charge in [0.25, 0.3) is 0 Å². The van der Waals surface area contributed by atoms with E-state index in [2.05, 4.69) is 41.6 Å². The average molecular weight is 352 g/mol. The van der Waals surface area contributed by atoms with Gasteiger partial charge in [0, 0.05) is 6.54 Å². The summed E-state index contributed by atoms with van der Waals surface area (Å²) in [7, 11) is 0. The second-order valence-corrected chi connectivity index (χ2v) is 6.95. The van der Waals surface area contributed by atoms with Crippen LogP contribution in [0.4, 0.5) is 0 Å². The topological polar surface area (TPSA) is 41.6 Å². The highest BCUT2D eigenvalue weighted by molar-refractivity contribution is 5.79. The van der Waals surface area contributed by atoms with Crippen LogP contribution in [0.2, 0.25) is 0 Å². The first-order valence-corrected chi connectivity index (χ1v) is 9.50. The van der Waals surface area contributed by atoms with Crippen LogP contribution in [-0.2, 0) is 16.2 Å². The van der Waals surface area contributed by atoms with Crippen molar-refractivity contribution in [1.29, 1.82) is 0 Å². The van der Waals surface area contributed by atoms with Crippen LogP contribution in [-0.4, -0.2) is 30.4 Å². The molecule has 2 atom stereocenters. The fraction of sp³-hybridized carbons (Fsp3) is 0.409. The molecule has 1 aliphatic rings. The third-order valence-corrected chi connectivity index (χ3v) is 5.06. The van der Waals surface area contributed by atoms with Crippen LogP contribution < -0.4 is 5.48 Å². The van der Waals surface area contributed by atoms with E-state index in [0.29, 0.717) is 6.61 Å². The van der Waals surface area contributed by atoms with Crippen molar-refractivity contribution in [3.63, 3.8) is 0 Å². The molecule has 0 bridgehead atoms. The van der Waals surface area contributed by atoms with Crippen molar-refractivity contribution in [2.24, 2.45) is 5.92 Å². The Morgan fingerprint density at radius 1 is 1.12 bits per heavy atom. The zero-order valence-electron chi connectivity index (χ0n) is 15.4. The lowest BCUT2D eigenvalue weighted by Crippen LogP contribution is -2.46. The van der Waals surface area contributed by atoms with Gasteiger partial charge in [-0.1, -0.05) is 67.6 Å². The lowest BCUT2D eigenvalue weighted by Gasteiger charge is -2.37. The number of piperidine rings is 1. The SMILES string of the molecule is CCCN1CCC(c2ccccc2)C(C(=O)NOCc2ccccc2)C1. The first-order valence-electron chi connectivity index (χ1n) is 9.50. The van der Waals surface area contributed by atoms with Gasteiger partial charge in [-0.15, -0.1) is 0 Å². The van der Waals surface area contributed by atoms with E-state index in [-0.39, 0.29) is 17.7 Å². The van der Waals surface area contributed by atoms with Crippen LogP contribution in [0.5, 0.6) is 0 Å². The highest BCUT2D eigenvalue weighted by Crippen LogP contribution is 2.33. The normalized spacial score (nSPS) is 20.7. The van der Waals surface area contributed by atoms with Gasteiger partial charge in [-0.05, 0) is 43.0 Å². The number of rotatable bonds is 7. The molecule has 138 valence electrons. The van der Waals surface area contributed by atoms with Gasteiger partial charge in [0.1, 0.15) is 0 Å². The predicted molar refractivity (Wildman–Crippen MR) is 103 cm³/mol. The lowest BCUT2D eigenvalue weighted by atomic mass is 9.80. The predicted octanol–water partition coefficient (Wildman–Crippen LogP) is 3.75. The number of nitrogens with zero attached hydrogens (tertiary/aromatic N) is 1. The van der Waals surface area contributed by atoms with Crippen molar-refractivity contribution >= 4 is 5.91 Å². The summed E-state index contributed by atoms with van der Waals surface area (Å²) in [6.45, 7) is 5.43. The molecule has 4 heteroatoms. The number of hydrogen-bond acceptors (Lipinski definition) is 3. The van der Waals surface area contributed by atoms with Crippen molar-refractivity contribution in [3.05, 3.63) is 71.8 Å². The second-order valence-electron chi connectivity index (χ2n) is 6.95. The van der Waals surface area contributed by atoms with Gasteiger partial charge in [0.05, 0.1) is 12.5 Å². The molecule has 1 aliphatic heterocycles. The van der Waals surface area contributed by atoms with Gasteiger partial charge in [0.2, 0.25) is 5.91 Å². The number of nitrogens with one attached hydrogen (secondary N) is 1. The van der Waals surface area contributed by atoms with Gasteiger partial charge < -0.3 is 4.90 Å². The fourth-order valence-corrected chi connectivity index (χ4v) is 3.74. The first kappa shape index (κ1) is 18.6. The quantitative estimate of drug-likeness (QED) is 0.772. The molecule has 0 spiro atoms. The van der Waals surface area contributed by atoms with Crippen molar-refractivity contribution < 1.29 is 9.63 Å². The maximum Gasteiger partial charge on any atom is 0.248 e. The Hall–Kier alpha value is -2.17. The number of amides is 1. The second kappa shape index (κ2) is 9.51. The van der Waals surface area contributed by atoms with E-state index in [1.54, 1.807) is 0 Å². The smallest absolute Gasteiger partial charge is 0.248 e. The molecule has 0 saturated carbocycles. The van der Waals surface area contributed by atoms with E-state index >= 15 is 0 Å². The Morgan fingerprint density at radius 3 is 2.50 bits per heavy atom. The summed E-state index contributed by atoms with van der Waals surface area (Å²) in [5.41, 5.74) is 4.99. The third-order valence-electron chi connectivity index (χ3n) is 5.06. The summed E-state index contributed by atoms with van der Waals surface area (Å²) in [6.07, 6.45) is 2.11. The maximum atomic E-state index is 12.9. The Kier molecular flexibility index (Phi) is 6.81. The third kappa shape index (κ3) is 4.93. The highest BCUT2D eigenvalue weighted by atomic mass is 16.6. The molecule has 0 aliphatic carbocycles. The van der Waals surface area contributed by atoms with Crippen LogP contribution in [0.3, 0.4) is 0 Å². The molecule has 1 fully saturated rings. The van der Waals surface area contributed by atoms with E-state index < -0.39 is 0 Å². The van der Waals surface area contributed by atoms with Crippen LogP contribution >= 0.6 is 0 Å². The first-order chi connectivity index (χ1) is 12.8. The summed E-state index contributed by atoms with van der Waals surface area (Å²) < 4.78 is 0. The minimum absolute atomic E-state index is 0.0180. The van der Waals surface area contributed by atoms with Gasteiger partial charge in [-0.25, -0.2) is 5.48 Å². The van der Waals surface area contributed by atoms with Gasteiger partial charge >= 0.3 is 0 Å². The minimum atomic E-state index is -0.0894. The Balaban J connectivity index is 1.64. The highest BCUT2D eigenvalue weighted by Gasteiger charge is 2.35. The van der Waals surface area contributed by atoms with Gasteiger partial charge in [-0.2, -0.15) is 0 Å². The van der Waals surface area contributed by atoms with Gasteiger partial charge in [0.15, 0.2) is 0 Å². The van der Waals surface area contributed by atoms with Crippen LogP contribution in [0.25, 0.3) is 0 Å². The summed E-state index contributed by atoms with van der Waals surface area (Å²) >= 11 is 0. The van der Waals surface area contributed by atoms with Gasteiger partial charge in [-0.3, -0.25) is 9.63 Å². The van der Waals surface area contributed by atoms with Crippen molar-refractivity contribution in [2.45, 2.75) is 32.3 Å². The molecule has 1 amide bonds. The van der Waals surface area contributed by atoms with E-state index in [1.807, 2.05) is 36.4 Å². The standard InChI is InChI=1S/C22H28N2O2/c1-2-14-24-15-13-20(19-11-7-4-8-12-19)21(16-24)22(25)23-26-17-18-9-5-3-6-10-18/h3-12,20-21H,2,13-17H2,1H3,(H,23,25). The number of benzene rings is 2. The van der Waals surface area contributed by atoms with Crippen molar-refractivity contribution in [2.75, 3.05) is 19.6 Å². The molecule has 2 aromatic rings. The summed E-state index contributed by atoms with van der Waals surface area (Å²) in [6, 6.07) is 20.3. The molecule has 0 radical (unpaired) electrons. The monoisotopic (exact) mass is 352 g/mol. The van der Waals surface area contributed by atoms with E-state index in [0.717, 1.165) is 38.0 Å². The van der Waals surface area contributed by atoms with E-state index in [4.69, 9.17) is 4.84 Å². The zero-order valence-corrected chi connectivity index (χ0v) is 15.4. The minimum Gasteiger partial charge on any atom is -0.303 e. The zero-order chi connectivity index (χ0) is 18.2. The molecular weight excluding hydrogens is 324 g/mol. The summed E-state index contributed by atoms with van der Waals surface area (Å²) in [5.74, 6) is 0.133. The van der Waals surface area contributed by atoms with Crippen LogP contribution in [0.15, 0.2) is 60.7 Å².